The fraction of sp³-hybridized carbons (Fsp3) is 0.909. The van der Waals surface area contributed by atoms with Crippen molar-refractivity contribution in [2.75, 3.05) is 14.1 Å². The molecule has 0 aromatic heterocycles. The van der Waals surface area contributed by atoms with Crippen LogP contribution < -0.4 is 0 Å². The van der Waals surface area contributed by atoms with E-state index in [1.165, 1.54) is 38.5 Å². The summed E-state index contributed by atoms with van der Waals surface area (Å²) in [6, 6.07) is 0. The van der Waals surface area contributed by atoms with Gasteiger partial charge in [-0.25, -0.2) is 0 Å². The average molecular weight is 184 g/mol. The number of nitrogens with zero attached hydrogens (tertiary/aromatic N) is 2. The van der Waals surface area contributed by atoms with E-state index in [9.17, 15) is 0 Å². The molecule has 0 saturated carbocycles. The van der Waals surface area contributed by atoms with Crippen molar-refractivity contribution in [3.05, 3.63) is 0 Å². The zero-order valence-corrected chi connectivity index (χ0v) is 9.42. The highest BCUT2D eigenvalue weighted by Gasteiger charge is 1.88. The summed E-state index contributed by atoms with van der Waals surface area (Å²) in [7, 11) is 3.91. The molecule has 0 aromatic rings. The van der Waals surface area contributed by atoms with E-state index >= 15 is 0 Å². The Morgan fingerprint density at radius 2 is 1.62 bits per heavy atom. The molecule has 13 heavy (non-hydrogen) atoms. The van der Waals surface area contributed by atoms with Crippen molar-refractivity contribution < 1.29 is 0 Å². The molecule has 0 aliphatic rings. The first-order valence-corrected chi connectivity index (χ1v) is 5.47. The topological polar surface area (TPSA) is 15.6 Å². The minimum Gasteiger partial charge on any atom is -0.303 e. The number of rotatable bonds is 8. The summed E-state index contributed by atoms with van der Waals surface area (Å²) < 4.78 is 0. The van der Waals surface area contributed by atoms with Gasteiger partial charge in [0.2, 0.25) is 0 Å². The second-order valence-electron chi connectivity index (χ2n) is 3.70. The van der Waals surface area contributed by atoms with Crippen LogP contribution in [0.4, 0.5) is 0 Å². The molecule has 0 aromatic carbocycles. The molecule has 78 valence electrons. The van der Waals surface area contributed by atoms with Crippen LogP contribution in [0.3, 0.4) is 0 Å². The first kappa shape index (κ1) is 12.5. The van der Waals surface area contributed by atoms with Crippen LogP contribution in [0.5, 0.6) is 0 Å². The molecular weight excluding hydrogens is 160 g/mol. The van der Waals surface area contributed by atoms with E-state index in [1.807, 2.05) is 25.3 Å². The highest BCUT2D eigenvalue weighted by molar-refractivity contribution is 5.56. The van der Waals surface area contributed by atoms with E-state index in [0.29, 0.717) is 0 Å². The Morgan fingerprint density at radius 1 is 1.00 bits per heavy atom. The molecule has 0 aliphatic carbocycles. The maximum Gasteiger partial charge on any atom is 0.0244 e. The predicted octanol–water partition coefficient (Wildman–Crippen LogP) is 3.28. The van der Waals surface area contributed by atoms with Crippen LogP contribution in [-0.2, 0) is 0 Å². The Hall–Kier alpha value is -0.530. The molecule has 0 heterocycles. The average Bonchev–Trinajstić information content (AvgIpc) is 2.09. The van der Waals surface area contributed by atoms with Gasteiger partial charge in [-0.05, 0) is 12.8 Å². The van der Waals surface area contributed by atoms with Crippen molar-refractivity contribution in [2.45, 2.75) is 51.9 Å². The lowest BCUT2D eigenvalue weighted by Gasteiger charge is -2.02. The Morgan fingerprint density at radius 3 is 2.23 bits per heavy atom. The van der Waals surface area contributed by atoms with Crippen molar-refractivity contribution in [2.24, 2.45) is 5.10 Å². The van der Waals surface area contributed by atoms with Crippen LogP contribution in [0.2, 0.25) is 0 Å². The van der Waals surface area contributed by atoms with Crippen LogP contribution in [-0.4, -0.2) is 25.3 Å². The van der Waals surface area contributed by atoms with Crippen LogP contribution in [0.1, 0.15) is 51.9 Å². The maximum absolute atomic E-state index is 4.17. The third kappa shape index (κ3) is 11.5. The molecule has 0 unspecified atom stereocenters. The molecule has 0 radical (unpaired) electrons. The predicted molar refractivity (Wildman–Crippen MR) is 60.2 cm³/mol. The maximum atomic E-state index is 4.17. The number of unbranched alkanes of at least 4 members (excludes halogenated alkanes) is 6. The molecule has 0 rings (SSSR count). The van der Waals surface area contributed by atoms with Gasteiger partial charge in [0.15, 0.2) is 0 Å². The van der Waals surface area contributed by atoms with Crippen molar-refractivity contribution >= 4 is 6.21 Å². The minimum atomic E-state index is 1.13. The molecule has 2 nitrogen and oxygen atoms in total. The van der Waals surface area contributed by atoms with Crippen LogP contribution in [0, 0.1) is 0 Å². The summed E-state index contributed by atoms with van der Waals surface area (Å²) in [5.41, 5.74) is 0. The Kier molecular flexibility index (Phi) is 9.17. The van der Waals surface area contributed by atoms with Gasteiger partial charge in [0.05, 0.1) is 0 Å². The van der Waals surface area contributed by atoms with E-state index < -0.39 is 0 Å². The third-order valence-electron chi connectivity index (χ3n) is 2.00. The van der Waals surface area contributed by atoms with Crippen LogP contribution in [0.15, 0.2) is 5.10 Å². The molecule has 0 bridgehead atoms. The summed E-state index contributed by atoms with van der Waals surface area (Å²) in [6.07, 6.45) is 11.3. The van der Waals surface area contributed by atoms with Crippen molar-refractivity contribution in [3.63, 3.8) is 0 Å². The van der Waals surface area contributed by atoms with Crippen molar-refractivity contribution in [3.8, 4) is 0 Å². The first-order chi connectivity index (χ1) is 6.27. The van der Waals surface area contributed by atoms with Gasteiger partial charge in [0.25, 0.3) is 0 Å². The molecular formula is C11H24N2. The fourth-order valence-corrected chi connectivity index (χ4v) is 1.24. The lowest BCUT2D eigenvalue weighted by molar-refractivity contribution is 0.438. The molecule has 0 aliphatic heterocycles. The van der Waals surface area contributed by atoms with Gasteiger partial charge in [0.1, 0.15) is 0 Å². The Balaban J connectivity index is 2.99. The van der Waals surface area contributed by atoms with E-state index in [4.69, 9.17) is 0 Å². The molecule has 0 fully saturated rings. The first-order valence-electron chi connectivity index (χ1n) is 5.47. The van der Waals surface area contributed by atoms with Gasteiger partial charge in [-0.2, -0.15) is 5.10 Å². The summed E-state index contributed by atoms with van der Waals surface area (Å²) in [5.74, 6) is 0. The number of hydrogen-bond acceptors (Lipinski definition) is 2. The zero-order valence-electron chi connectivity index (χ0n) is 9.42. The van der Waals surface area contributed by atoms with E-state index in [0.717, 1.165) is 6.42 Å². The van der Waals surface area contributed by atoms with Gasteiger partial charge < -0.3 is 5.01 Å². The van der Waals surface area contributed by atoms with E-state index in [2.05, 4.69) is 12.0 Å². The molecule has 2 heteroatoms. The second kappa shape index (κ2) is 9.56. The van der Waals surface area contributed by atoms with Gasteiger partial charge in [-0.15, -0.1) is 0 Å². The largest absolute Gasteiger partial charge is 0.303 e. The normalized spacial score (nSPS) is 11.0. The Labute approximate surface area is 83.0 Å². The molecule has 0 spiro atoms. The fourth-order valence-electron chi connectivity index (χ4n) is 1.24. The quantitative estimate of drug-likeness (QED) is 0.321. The van der Waals surface area contributed by atoms with Gasteiger partial charge >= 0.3 is 0 Å². The van der Waals surface area contributed by atoms with Crippen LogP contribution in [0.25, 0.3) is 0 Å². The smallest absolute Gasteiger partial charge is 0.0244 e. The van der Waals surface area contributed by atoms with Gasteiger partial charge in [0, 0.05) is 20.3 Å². The highest BCUT2D eigenvalue weighted by Crippen LogP contribution is 2.05. The van der Waals surface area contributed by atoms with Crippen LogP contribution >= 0.6 is 0 Å². The summed E-state index contributed by atoms with van der Waals surface area (Å²) in [5, 5.41) is 6.01. The van der Waals surface area contributed by atoms with Gasteiger partial charge in [-0.1, -0.05) is 39.0 Å². The summed E-state index contributed by atoms with van der Waals surface area (Å²) in [6.45, 7) is 2.25. The zero-order chi connectivity index (χ0) is 9.94. The minimum absolute atomic E-state index is 1.13. The monoisotopic (exact) mass is 184 g/mol. The van der Waals surface area contributed by atoms with Gasteiger partial charge in [-0.3, -0.25) is 0 Å². The van der Waals surface area contributed by atoms with E-state index in [-0.39, 0.29) is 0 Å². The molecule has 0 amide bonds. The standard InChI is InChI=1S/C11H24N2/c1-4-5-6-7-8-9-10-11-12-13(2)3/h11H,4-10H2,1-3H3/b12-11+. The third-order valence-corrected chi connectivity index (χ3v) is 2.00. The van der Waals surface area contributed by atoms with E-state index in [1.54, 1.807) is 0 Å². The molecule has 0 saturated heterocycles. The lowest BCUT2D eigenvalue weighted by Crippen LogP contribution is -2.01. The number of hydrogen-bond donors (Lipinski definition) is 0. The molecule has 0 N–H and O–H groups in total. The molecule has 0 atom stereocenters. The SMILES string of the molecule is CCCCCCCC/C=N/N(C)C. The Bertz CT molecular complexity index is 119. The second-order valence-corrected chi connectivity index (χ2v) is 3.70. The summed E-state index contributed by atoms with van der Waals surface area (Å²) in [4.78, 5) is 0. The van der Waals surface area contributed by atoms with Crippen molar-refractivity contribution in [1.82, 2.24) is 5.01 Å². The van der Waals surface area contributed by atoms with Crippen molar-refractivity contribution in [1.29, 1.82) is 0 Å². The highest BCUT2D eigenvalue weighted by atomic mass is 15.4. The lowest BCUT2D eigenvalue weighted by atomic mass is 10.1. The number of hydrazone groups is 1. The summed E-state index contributed by atoms with van der Waals surface area (Å²) >= 11 is 0.